The normalized spacial score (nSPS) is 27.8. The van der Waals surface area contributed by atoms with E-state index >= 15 is 0 Å². The van der Waals surface area contributed by atoms with Crippen LogP contribution in [0.15, 0.2) is 48.1 Å². The first kappa shape index (κ1) is 23.6. The number of amides is 2. The first-order valence-electron chi connectivity index (χ1n) is 12.0. The van der Waals surface area contributed by atoms with Crippen LogP contribution >= 0.6 is 0 Å². The summed E-state index contributed by atoms with van der Waals surface area (Å²) in [6.07, 6.45) is 10.2. The predicted octanol–water partition coefficient (Wildman–Crippen LogP) is 5.39. The Kier molecular flexibility index (Phi) is 7.53. The second kappa shape index (κ2) is 10.6. The standard InChI is InChI=1S/C22H27NO4.C5H8O/c1-15(2)17-6-4-16(5-7-17)14-27-22(25)23-13-19(12-21(23)24)18-8-10-20(26-3)11-9-18;1-2-5-3-4(1)6-5/h4,8-11,17,19H,1,5-7,12-14H2,2-3H3;4-5H,1-3H2. The molecule has 1 aromatic rings. The number of nitrogens with zero attached hydrogens (tertiary/aromatic N) is 1. The molecular formula is C27H35NO5. The average molecular weight is 454 g/mol. The summed E-state index contributed by atoms with van der Waals surface area (Å²) >= 11 is 0. The molecule has 6 heteroatoms. The number of hydrogen-bond acceptors (Lipinski definition) is 5. The van der Waals surface area contributed by atoms with Gasteiger partial charge in [0.15, 0.2) is 0 Å². The molecule has 2 amide bonds. The highest BCUT2D eigenvalue weighted by molar-refractivity contribution is 5.94. The third-order valence-corrected chi connectivity index (χ3v) is 7.24. The number of likely N-dealkylation sites (tertiary alicyclic amines) is 1. The van der Waals surface area contributed by atoms with Crippen molar-refractivity contribution in [3.8, 4) is 5.75 Å². The molecule has 3 aliphatic heterocycles. The van der Waals surface area contributed by atoms with Gasteiger partial charge in [-0.1, -0.05) is 30.4 Å². The second-order valence-electron chi connectivity index (χ2n) is 9.61. The fourth-order valence-corrected chi connectivity index (χ4v) is 4.98. The molecule has 33 heavy (non-hydrogen) atoms. The Morgan fingerprint density at radius 2 is 1.88 bits per heavy atom. The van der Waals surface area contributed by atoms with Crippen molar-refractivity contribution in [2.75, 3.05) is 20.3 Å². The first-order chi connectivity index (χ1) is 15.9. The lowest BCUT2D eigenvalue weighted by molar-refractivity contribution is -0.126. The van der Waals surface area contributed by atoms with Gasteiger partial charge in [0.1, 0.15) is 12.4 Å². The second-order valence-corrected chi connectivity index (χ2v) is 9.61. The molecule has 6 rings (SSSR count). The summed E-state index contributed by atoms with van der Waals surface area (Å²) < 4.78 is 15.8. The van der Waals surface area contributed by atoms with Crippen LogP contribution in [0.5, 0.6) is 5.75 Å². The SMILES string of the molecule is C1CC2CC1O2.C=C(C)C1CC=C(COC(=O)N2CC(c3ccc(OC)cc3)CC2=O)CC1. The molecule has 1 aromatic carbocycles. The molecular weight excluding hydrogens is 418 g/mol. The summed E-state index contributed by atoms with van der Waals surface area (Å²) in [6, 6.07) is 7.62. The highest BCUT2D eigenvalue weighted by Crippen LogP contribution is 2.36. The van der Waals surface area contributed by atoms with E-state index in [1.54, 1.807) is 7.11 Å². The maximum Gasteiger partial charge on any atom is 0.416 e. The molecule has 0 spiro atoms. The molecule has 4 unspecified atom stereocenters. The van der Waals surface area contributed by atoms with E-state index in [0.717, 1.165) is 36.1 Å². The van der Waals surface area contributed by atoms with Crippen LogP contribution in [-0.4, -0.2) is 49.4 Å². The average Bonchev–Trinajstić information content (AvgIpc) is 3.55. The van der Waals surface area contributed by atoms with Crippen molar-refractivity contribution in [3.05, 3.63) is 53.6 Å². The van der Waals surface area contributed by atoms with E-state index in [2.05, 4.69) is 19.6 Å². The Balaban J connectivity index is 0.000000367. The number of imide groups is 1. The number of carbonyl (C=O) groups excluding carboxylic acids is 2. The number of benzene rings is 1. The number of hydrogen-bond donors (Lipinski definition) is 0. The summed E-state index contributed by atoms with van der Waals surface area (Å²) in [6.45, 7) is 6.70. The van der Waals surface area contributed by atoms with Gasteiger partial charge in [-0.05, 0) is 74.6 Å². The molecule has 1 saturated carbocycles. The van der Waals surface area contributed by atoms with Crippen molar-refractivity contribution in [2.45, 2.75) is 70.0 Å². The Hall–Kier alpha value is -2.60. The molecule has 3 heterocycles. The fourth-order valence-electron chi connectivity index (χ4n) is 4.98. The number of ether oxygens (including phenoxy) is 3. The van der Waals surface area contributed by atoms with E-state index in [0.29, 0.717) is 31.1 Å². The number of fused-ring (bicyclic) bond motifs is 1. The van der Waals surface area contributed by atoms with Crippen LogP contribution in [0.2, 0.25) is 0 Å². The summed E-state index contributed by atoms with van der Waals surface area (Å²) in [5.74, 6) is 1.12. The zero-order chi connectivity index (χ0) is 23.4. The van der Waals surface area contributed by atoms with Gasteiger partial charge in [0.2, 0.25) is 5.91 Å². The van der Waals surface area contributed by atoms with Gasteiger partial charge in [0.05, 0.1) is 19.3 Å². The maximum absolute atomic E-state index is 12.4. The van der Waals surface area contributed by atoms with E-state index in [1.165, 1.54) is 29.7 Å². The number of allylic oxidation sites excluding steroid dienone is 2. The Morgan fingerprint density at radius 3 is 2.39 bits per heavy atom. The quantitative estimate of drug-likeness (QED) is 0.560. The lowest BCUT2D eigenvalue weighted by atomic mass is 9.86. The molecule has 0 radical (unpaired) electrons. The van der Waals surface area contributed by atoms with E-state index in [9.17, 15) is 9.59 Å². The van der Waals surface area contributed by atoms with Crippen molar-refractivity contribution in [1.29, 1.82) is 0 Å². The summed E-state index contributed by atoms with van der Waals surface area (Å²) in [5.41, 5.74) is 3.36. The van der Waals surface area contributed by atoms with E-state index in [1.807, 2.05) is 24.3 Å². The minimum absolute atomic E-state index is 0.00109. The third-order valence-electron chi connectivity index (χ3n) is 7.24. The van der Waals surface area contributed by atoms with Crippen LogP contribution < -0.4 is 4.74 Å². The molecule has 5 aliphatic rings. The highest BCUT2D eigenvalue weighted by atomic mass is 16.6. The third kappa shape index (κ3) is 5.85. The first-order valence-corrected chi connectivity index (χ1v) is 12.0. The minimum atomic E-state index is -0.543. The van der Waals surface area contributed by atoms with E-state index in [-0.39, 0.29) is 18.4 Å². The van der Waals surface area contributed by atoms with Gasteiger partial charge in [0.25, 0.3) is 0 Å². The number of methoxy groups -OCH3 is 1. The van der Waals surface area contributed by atoms with Crippen LogP contribution in [0.1, 0.15) is 63.4 Å². The molecule has 2 aliphatic carbocycles. The van der Waals surface area contributed by atoms with Crippen molar-refractivity contribution in [3.63, 3.8) is 0 Å². The van der Waals surface area contributed by atoms with Gasteiger partial charge in [-0.25, -0.2) is 9.69 Å². The Bertz CT molecular complexity index is 886. The van der Waals surface area contributed by atoms with Crippen molar-refractivity contribution in [1.82, 2.24) is 4.90 Å². The van der Waals surface area contributed by atoms with E-state index < -0.39 is 6.09 Å². The van der Waals surface area contributed by atoms with Crippen molar-refractivity contribution in [2.24, 2.45) is 5.92 Å². The minimum Gasteiger partial charge on any atom is -0.497 e. The largest absolute Gasteiger partial charge is 0.497 e. The van der Waals surface area contributed by atoms with Crippen LogP contribution in [0, 0.1) is 5.92 Å². The smallest absolute Gasteiger partial charge is 0.416 e. The molecule has 4 atom stereocenters. The van der Waals surface area contributed by atoms with E-state index in [4.69, 9.17) is 14.2 Å². The fraction of sp³-hybridized carbons (Fsp3) is 0.556. The Labute approximate surface area is 196 Å². The van der Waals surface area contributed by atoms with Crippen LogP contribution in [0.25, 0.3) is 0 Å². The maximum atomic E-state index is 12.4. The lowest BCUT2D eigenvalue weighted by Crippen LogP contribution is -2.33. The zero-order valence-electron chi connectivity index (χ0n) is 19.8. The van der Waals surface area contributed by atoms with Crippen molar-refractivity contribution >= 4 is 12.0 Å². The number of rotatable bonds is 5. The van der Waals surface area contributed by atoms with Gasteiger partial charge in [-0.3, -0.25) is 4.79 Å². The van der Waals surface area contributed by atoms with Crippen molar-refractivity contribution < 1.29 is 23.8 Å². The highest BCUT2D eigenvalue weighted by Gasteiger charge is 2.37. The zero-order valence-corrected chi connectivity index (χ0v) is 19.8. The predicted molar refractivity (Wildman–Crippen MR) is 126 cm³/mol. The lowest BCUT2D eigenvalue weighted by Gasteiger charge is -2.23. The molecule has 0 N–H and O–H groups in total. The molecule has 4 fully saturated rings. The summed E-state index contributed by atoms with van der Waals surface area (Å²) in [7, 11) is 1.62. The van der Waals surface area contributed by atoms with Crippen LogP contribution in [0.4, 0.5) is 4.79 Å². The molecule has 6 nitrogen and oxygen atoms in total. The monoisotopic (exact) mass is 453 g/mol. The van der Waals surface area contributed by atoms with Crippen LogP contribution in [0.3, 0.4) is 0 Å². The van der Waals surface area contributed by atoms with Gasteiger partial charge in [-0.2, -0.15) is 0 Å². The molecule has 3 saturated heterocycles. The summed E-state index contributed by atoms with van der Waals surface area (Å²) in [5, 5.41) is 0. The Morgan fingerprint density at radius 1 is 1.18 bits per heavy atom. The van der Waals surface area contributed by atoms with Crippen LogP contribution in [-0.2, 0) is 14.3 Å². The number of carbonyl (C=O) groups is 2. The van der Waals surface area contributed by atoms with Gasteiger partial charge < -0.3 is 14.2 Å². The van der Waals surface area contributed by atoms with Gasteiger partial charge in [0, 0.05) is 18.9 Å². The topological polar surface area (TPSA) is 65.1 Å². The molecule has 178 valence electrons. The molecule has 0 aromatic heterocycles. The van der Waals surface area contributed by atoms with Gasteiger partial charge in [-0.15, -0.1) is 0 Å². The summed E-state index contributed by atoms with van der Waals surface area (Å²) in [4.78, 5) is 25.9. The van der Waals surface area contributed by atoms with Gasteiger partial charge >= 0.3 is 6.09 Å². The molecule has 2 bridgehead atoms.